The van der Waals surface area contributed by atoms with Gasteiger partial charge in [-0.1, -0.05) is 12.1 Å². The van der Waals surface area contributed by atoms with E-state index in [2.05, 4.69) is 0 Å². The van der Waals surface area contributed by atoms with Gasteiger partial charge in [0.1, 0.15) is 195 Å². The van der Waals surface area contributed by atoms with Gasteiger partial charge in [-0.2, -0.15) is 0 Å². The second-order valence-electron chi connectivity index (χ2n) is 25.2. The van der Waals surface area contributed by atoms with E-state index >= 15 is 0 Å². The number of ether oxygens (including phenoxy) is 16. The molecule has 0 saturated carbocycles. The predicted molar refractivity (Wildman–Crippen MR) is 300 cm³/mol. The molecule has 2 aromatic heterocycles. The lowest BCUT2D eigenvalue weighted by molar-refractivity contribution is -0.707. The molecular formula is C58H88N2O38+2. The molecule has 98 heavy (non-hydrogen) atoms. The maximum absolute atomic E-state index is 11.9. The Kier molecular flexibility index (Phi) is 25.4. The van der Waals surface area contributed by atoms with Crippen LogP contribution in [-0.2, 0) is 88.9 Å². The van der Waals surface area contributed by atoms with Crippen LogP contribution < -0.4 is 9.13 Å². The van der Waals surface area contributed by atoms with Crippen molar-refractivity contribution in [3.05, 3.63) is 61.2 Å². The smallest absolute Gasteiger partial charge is 0.187 e. The standard InChI is InChI=1S/C58H88N2O38/c61-13-21-45-29(69)37(77)53(85-21)91-43-19(11-59-7-3-1-4-8-59)84-52(36(76)28(43)68)94-46-22(14-62)87-55(39(79)31(46)71)96-48-24(16-64)89-57(41(81)33(48)73)98-50-26(18-66)90-58(42(82)34(50)74)97-49-25(17-65)88-56(40(80)32(49)72)95-47-23(15-63)86-54(38(78)30(47)70)92-44-20(12-60-9-5-2-6-10-60)83-51(93-45)35(75)27(44)67/h1-10,19-58,61-82H,11-18H2/q+2/t19-,20-,21-,22-,23+,24-,25-,26+,27-,28+,29-,30-,31+,32-,33-,34-,35-,36-,37-,38-,39+,40-,41-,42-,43-,44-,45-,46-,47-,48-,49-,50-,51-,52-,53-,54-,55-,56-,57-,58-/m1/s1. The van der Waals surface area contributed by atoms with E-state index in [4.69, 9.17) is 75.8 Å². The zero-order valence-corrected chi connectivity index (χ0v) is 51.8. The lowest BCUT2D eigenvalue weighted by Gasteiger charge is -2.50. The summed E-state index contributed by atoms with van der Waals surface area (Å²) in [5.74, 6) is 0. The zero-order valence-electron chi connectivity index (χ0n) is 51.8. The Morgan fingerprint density at radius 1 is 0.184 bits per heavy atom. The Hall–Kier alpha value is -3.22. The first-order valence-corrected chi connectivity index (χ1v) is 31.8. The van der Waals surface area contributed by atoms with E-state index in [1.54, 1.807) is 61.2 Å². The van der Waals surface area contributed by atoms with Gasteiger partial charge >= 0.3 is 0 Å². The molecule has 0 unspecified atom stereocenters. The molecule has 16 bridgehead atoms. The van der Waals surface area contributed by atoms with Gasteiger partial charge < -0.3 is 188 Å². The molecule has 30 aliphatic heterocycles. The molecule has 0 spiro atoms. The fourth-order valence-electron chi connectivity index (χ4n) is 13.4. The molecular weight excluding hydrogens is 1330 g/mol. The quantitative estimate of drug-likeness (QED) is 0.0982. The molecule has 2 aromatic rings. The number of pyridine rings is 2. The van der Waals surface area contributed by atoms with E-state index in [9.17, 15) is 112 Å². The first-order chi connectivity index (χ1) is 46.9. The second kappa shape index (κ2) is 32.8. The molecule has 30 saturated heterocycles. The lowest BCUT2D eigenvalue weighted by Crippen LogP contribution is -2.69. The maximum Gasteiger partial charge on any atom is 0.187 e. The largest absolute Gasteiger partial charge is 0.394 e. The monoisotopic (exact) mass is 1420 g/mol. The van der Waals surface area contributed by atoms with Gasteiger partial charge in [0.15, 0.2) is 88.2 Å². The van der Waals surface area contributed by atoms with Crippen molar-refractivity contribution in [2.45, 2.75) is 259 Å². The van der Waals surface area contributed by atoms with Crippen LogP contribution in [0, 0.1) is 0 Å². The van der Waals surface area contributed by atoms with Crippen molar-refractivity contribution in [2.75, 3.05) is 39.6 Å². The summed E-state index contributed by atoms with van der Waals surface area (Å²) in [4.78, 5) is 0. The summed E-state index contributed by atoms with van der Waals surface area (Å²) in [6.07, 6.45) is -73.5. The van der Waals surface area contributed by atoms with Gasteiger partial charge in [-0.25, -0.2) is 9.13 Å². The van der Waals surface area contributed by atoms with Gasteiger partial charge in [-0.3, -0.25) is 0 Å². The average Bonchev–Trinajstić information content (AvgIpc) is 0.780. The van der Waals surface area contributed by atoms with Crippen LogP contribution in [0.3, 0.4) is 0 Å². The van der Waals surface area contributed by atoms with Crippen molar-refractivity contribution in [3.63, 3.8) is 0 Å². The third-order valence-corrected chi connectivity index (χ3v) is 18.9. The van der Waals surface area contributed by atoms with E-state index in [0.29, 0.717) is 0 Å². The number of hydrogen-bond acceptors (Lipinski definition) is 38. The van der Waals surface area contributed by atoms with Crippen LogP contribution in [0.4, 0.5) is 0 Å². The van der Waals surface area contributed by atoms with Crippen LogP contribution in [0.25, 0.3) is 0 Å². The molecule has 32 rings (SSSR count). The van der Waals surface area contributed by atoms with Crippen LogP contribution >= 0.6 is 0 Å². The molecule has 30 aliphatic rings. The molecule has 556 valence electrons. The maximum atomic E-state index is 11.9. The molecule has 22 N–H and O–H groups in total. The lowest BCUT2D eigenvalue weighted by atomic mass is 9.94. The highest BCUT2D eigenvalue weighted by atomic mass is 16.8. The van der Waals surface area contributed by atoms with Crippen LogP contribution in [0.5, 0.6) is 0 Å². The normalized spacial score (nSPS) is 50.8. The van der Waals surface area contributed by atoms with Gasteiger partial charge in [0.05, 0.1) is 39.6 Å². The summed E-state index contributed by atoms with van der Waals surface area (Å²) >= 11 is 0. The van der Waals surface area contributed by atoms with Gasteiger partial charge in [0.25, 0.3) is 0 Å². The minimum atomic E-state index is -2.24. The van der Waals surface area contributed by atoms with Crippen LogP contribution in [0.15, 0.2) is 61.2 Å². The highest BCUT2D eigenvalue weighted by Gasteiger charge is 2.61. The number of hydrogen-bond donors (Lipinski definition) is 22. The first-order valence-electron chi connectivity index (χ1n) is 31.8. The number of rotatable bonds is 10. The van der Waals surface area contributed by atoms with Crippen LogP contribution in [0.1, 0.15) is 0 Å². The summed E-state index contributed by atoms with van der Waals surface area (Å²) < 4.78 is 97.8. The average molecular weight is 1420 g/mol. The number of nitrogens with zero attached hydrogens (tertiary/aromatic N) is 2. The molecule has 40 nitrogen and oxygen atoms in total. The van der Waals surface area contributed by atoms with Gasteiger partial charge in [-0.05, 0) is 0 Å². The fraction of sp³-hybridized carbons (Fsp3) is 0.828. The summed E-state index contributed by atoms with van der Waals surface area (Å²) in [6.45, 7) is -6.85. The van der Waals surface area contributed by atoms with Crippen molar-refractivity contribution < 1.29 is 197 Å². The summed E-state index contributed by atoms with van der Waals surface area (Å²) in [7, 11) is 0. The topological polar surface area (TPSA) is 601 Å². The SMILES string of the molecule is OC[C@@H]1O[C@@H]2O[C@H]3[C@H](O)[C@@H](O)[C@@H](O[C@H]4[C@H](O)[C@@H](O)[C@@H](O[C@H]5[C@H](O)[C@@H](O)[C@@H](O[C@H]6[C@H](O)[C@@H](O)[C@@H](O[C@H]7[C@@H](O)[C@@H](O)[C@@H](O[C@H]8[C@@H](O)[C@H](O)[C@@H](O[C@H]9[C@H](O)[C@@H](O)[C@@H](O[C@H]1[C@H](O)[C@H]2O)O[C@@H]9CO)O[C@@H]8CO)O[C@@H]7C[n+]1ccccc1)O[C@@H]6CO)O[C@@H]5C[n+]1ccccc1)O[C@H]4CO)O[C@@H]3CO. The number of aliphatic hydroxyl groups is 22. The molecule has 32 heterocycles. The van der Waals surface area contributed by atoms with Gasteiger partial charge in [0, 0.05) is 24.3 Å². The molecule has 40 atom stereocenters. The van der Waals surface area contributed by atoms with E-state index in [1.807, 2.05) is 0 Å². The molecule has 0 amide bonds. The first kappa shape index (κ1) is 75.9. The third-order valence-electron chi connectivity index (χ3n) is 18.9. The zero-order chi connectivity index (χ0) is 70.3. The predicted octanol–water partition coefficient (Wildman–Crippen LogP) is -15.4. The highest BCUT2D eigenvalue weighted by Crippen LogP contribution is 2.40. The van der Waals surface area contributed by atoms with Crippen molar-refractivity contribution in [2.24, 2.45) is 0 Å². The Morgan fingerprint density at radius 3 is 0.480 bits per heavy atom. The van der Waals surface area contributed by atoms with Crippen molar-refractivity contribution in [1.82, 2.24) is 0 Å². The summed E-state index contributed by atoms with van der Waals surface area (Å²) in [5.41, 5.74) is 0. The fourth-order valence-corrected chi connectivity index (χ4v) is 13.4. The van der Waals surface area contributed by atoms with Crippen LogP contribution in [-0.4, -0.2) is 398 Å². The molecule has 0 radical (unpaired) electrons. The number of aliphatic hydroxyl groups excluding tert-OH is 22. The summed E-state index contributed by atoms with van der Waals surface area (Å²) in [5, 5.41) is 250. The van der Waals surface area contributed by atoms with E-state index < -0.39 is 285 Å². The van der Waals surface area contributed by atoms with Crippen molar-refractivity contribution in [3.8, 4) is 0 Å². The van der Waals surface area contributed by atoms with E-state index in [1.165, 1.54) is 9.13 Å². The molecule has 0 aliphatic carbocycles. The van der Waals surface area contributed by atoms with Crippen molar-refractivity contribution >= 4 is 0 Å². The Morgan fingerprint density at radius 2 is 0.327 bits per heavy atom. The second-order valence-corrected chi connectivity index (χ2v) is 25.2. The minimum Gasteiger partial charge on any atom is -0.394 e. The van der Waals surface area contributed by atoms with Gasteiger partial charge in [0.2, 0.25) is 0 Å². The highest BCUT2D eigenvalue weighted by molar-refractivity contribution is 5.03. The summed E-state index contributed by atoms with van der Waals surface area (Å²) in [6, 6.07) is 9.80. The van der Waals surface area contributed by atoms with Crippen molar-refractivity contribution in [1.29, 1.82) is 0 Å². The van der Waals surface area contributed by atoms with E-state index in [-0.39, 0.29) is 13.1 Å². The molecule has 30 fully saturated rings. The van der Waals surface area contributed by atoms with E-state index in [0.717, 1.165) is 0 Å². The minimum absolute atomic E-state index is 0.263. The Balaban J connectivity index is 0.886. The number of aromatic nitrogens is 2. The van der Waals surface area contributed by atoms with Crippen LogP contribution in [0.2, 0.25) is 0 Å². The molecule has 40 heteroatoms. The molecule has 0 aromatic carbocycles. The Bertz CT molecular complexity index is 2720. The third kappa shape index (κ3) is 15.5. The van der Waals surface area contributed by atoms with Gasteiger partial charge in [-0.15, -0.1) is 0 Å². The Labute approximate surface area is 555 Å².